The third-order valence-corrected chi connectivity index (χ3v) is 1.49. The highest BCUT2D eigenvalue weighted by Gasteiger charge is 2.18. The number of para-hydroxylation sites is 1. The highest BCUT2D eigenvalue weighted by molar-refractivity contribution is 5.67. The smallest absolute Gasteiger partial charge is 0.311 e. The maximum Gasteiger partial charge on any atom is 0.311 e. The standard InChI is InChI=1S/C7H6N4O2/c8-4-5-2-1-3-6(10-9)7(5)11(12)13/h1-3,10H,9H2. The summed E-state index contributed by atoms with van der Waals surface area (Å²) >= 11 is 0. The van der Waals surface area contributed by atoms with Crippen LogP contribution in [0.3, 0.4) is 0 Å². The molecule has 1 aromatic rings. The van der Waals surface area contributed by atoms with Crippen molar-refractivity contribution >= 4 is 11.4 Å². The Kier molecular flexibility index (Phi) is 2.42. The molecule has 0 saturated carbocycles. The van der Waals surface area contributed by atoms with Crippen molar-refractivity contribution in [3.8, 4) is 6.07 Å². The van der Waals surface area contributed by atoms with Gasteiger partial charge < -0.3 is 5.43 Å². The number of nitro groups is 1. The zero-order valence-corrected chi connectivity index (χ0v) is 6.52. The Hall–Kier alpha value is -2.13. The number of anilines is 1. The van der Waals surface area contributed by atoms with Crippen molar-refractivity contribution in [2.75, 3.05) is 5.43 Å². The van der Waals surface area contributed by atoms with E-state index in [1.807, 2.05) is 0 Å². The van der Waals surface area contributed by atoms with Gasteiger partial charge in [0, 0.05) is 0 Å². The Balaban J connectivity index is 3.41. The summed E-state index contributed by atoms with van der Waals surface area (Å²) in [5.41, 5.74) is 1.98. The van der Waals surface area contributed by atoms with Crippen molar-refractivity contribution in [1.29, 1.82) is 5.26 Å². The van der Waals surface area contributed by atoms with E-state index in [1.165, 1.54) is 18.2 Å². The normalized spacial score (nSPS) is 8.92. The first-order valence-corrected chi connectivity index (χ1v) is 3.35. The van der Waals surface area contributed by atoms with Crippen LogP contribution in [0.25, 0.3) is 0 Å². The summed E-state index contributed by atoms with van der Waals surface area (Å²) in [6.45, 7) is 0. The summed E-state index contributed by atoms with van der Waals surface area (Å²) in [6, 6.07) is 6.02. The molecule has 0 bridgehead atoms. The first-order valence-electron chi connectivity index (χ1n) is 3.35. The number of benzene rings is 1. The van der Waals surface area contributed by atoms with Gasteiger partial charge in [0.1, 0.15) is 17.3 Å². The van der Waals surface area contributed by atoms with E-state index >= 15 is 0 Å². The molecule has 1 rings (SSSR count). The zero-order valence-electron chi connectivity index (χ0n) is 6.52. The maximum absolute atomic E-state index is 10.5. The van der Waals surface area contributed by atoms with Crippen LogP contribution in [0.15, 0.2) is 18.2 Å². The Morgan fingerprint density at radius 2 is 2.31 bits per heavy atom. The monoisotopic (exact) mass is 178 g/mol. The number of hydrogen-bond acceptors (Lipinski definition) is 5. The molecule has 0 atom stereocenters. The molecule has 0 saturated heterocycles. The second-order valence-corrected chi connectivity index (χ2v) is 2.21. The average Bonchev–Trinajstić information content (AvgIpc) is 2.16. The second-order valence-electron chi connectivity index (χ2n) is 2.21. The minimum atomic E-state index is -0.645. The van der Waals surface area contributed by atoms with Crippen LogP contribution < -0.4 is 11.3 Å². The molecule has 0 unspecified atom stereocenters. The van der Waals surface area contributed by atoms with Gasteiger partial charge in [0.2, 0.25) is 0 Å². The van der Waals surface area contributed by atoms with Gasteiger partial charge in [-0.05, 0) is 12.1 Å². The third kappa shape index (κ3) is 1.55. The lowest BCUT2D eigenvalue weighted by Crippen LogP contribution is -2.09. The van der Waals surface area contributed by atoms with E-state index in [1.54, 1.807) is 6.07 Å². The molecule has 0 spiro atoms. The number of nitrogens with two attached hydrogens (primary N) is 1. The van der Waals surface area contributed by atoms with Gasteiger partial charge in [0.25, 0.3) is 0 Å². The molecule has 13 heavy (non-hydrogen) atoms. The van der Waals surface area contributed by atoms with Gasteiger partial charge in [-0.1, -0.05) is 6.07 Å². The first kappa shape index (κ1) is 8.96. The number of nitriles is 1. The van der Waals surface area contributed by atoms with Crippen molar-refractivity contribution in [2.45, 2.75) is 0 Å². The molecule has 0 amide bonds. The molecular weight excluding hydrogens is 172 g/mol. The van der Waals surface area contributed by atoms with E-state index in [9.17, 15) is 10.1 Å². The Morgan fingerprint density at radius 1 is 1.62 bits per heavy atom. The number of rotatable bonds is 2. The van der Waals surface area contributed by atoms with E-state index < -0.39 is 4.92 Å². The topological polar surface area (TPSA) is 105 Å². The van der Waals surface area contributed by atoms with Gasteiger partial charge in [0.15, 0.2) is 0 Å². The molecule has 0 heterocycles. The summed E-state index contributed by atoms with van der Waals surface area (Å²) in [6.07, 6.45) is 0. The van der Waals surface area contributed by atoms with Crippen molar-refractivity contribution < 1.29 is 4.92 Å². The number of nitro benzene ring substituents is 1. The van der Waals surface area contributed by atoms with Crippen molar-refractivity contribution in [3.05, 3.63) is 33.9 Å². The van der Waals surface area contributed by atoms with E-state index in [2.05, 4.69) is 5.43 Å². The highest BCUT2D eigenvalue weighted by Crippen LogP contribution is 2.26. The van der Waals surface area contributed by atoms with E-state index in [0.29, 0.717) is 0 Å². The van der Waals surface area contributed by atoms with E-state index in [-0.39, 0.29) is 16.9 Å². The summed E-state index contributed by atoms with van der Waals surface area (Å²) in [5, 5.41) is 19.1. The maximum atomic E-state index is 10.5. The van der Waals surface area contributed by atoms with Gasteiger partial charge in [0.05, 0.1) is 4.92 Å². The van der Waals surface area contributed by atoms with Crippen molar-refractivity contribution in [3.63, 3.8) is 0 Å². The number of nitrogen functional groups attached to an aromatic ring is 1. The molecule has 0 aliphatic carbocycles. The van der Waals surface area contributed by atoms with E-state index in [4.69, 9.17) is 11.1 Å². The minimum absolute atomic E-state index is 0.0135. The van der Waals surface area contributed by atoms with Gasteiger partial charge in [-0.3, -0.25) is 16.0 Å². The Morgan fingerprint density at radius 3 is 2.77 bits per heavy atom. The molecule has 0 aliphatic rings. The second kappa shape index (κ2) is 3.51. The molecule has 0 radical (unpaired) electrons. The van der Waals surface area contributed by atoms with Crippen LogP contribution >= 0.6 is 0 Å². The van der Waals surface area contributed by atoms with Crippen LogP contribution in [0.2, 0.25) is 0 Å². The van der Waals surface area contributed by atoms with Crippen LogP contribution in [0, 0.1) is 21.4 Å². The molecule has 0 aliphatic heterocycles. The van der Waals surface area contributed by atoms with Gasteiger partial charge in [-0.25, -0.2) is 0 Å². The molecule has 6 nitrogen and oxygen atoms in total. The lowest BCUT2D eigenvalue weighted by atomic mass is 10.2. The highest BCUT2D eigenvalue weighted by atomic mass is 16.6. The third-order valence-electron chi connectivity index (χ3n) is 1.49. The van der Waals surface area contributed by atoms with Gasteiger partial charge >= 0.3 is 5.69 Å². The average molecular weight is 178 g/mol. The molecule has 0 aromatic heterocycles. The summed E-state index contributed by atoms with van der Waals surface area (Å²) in [4.78, 5) is 9.87. The first-order chi connectivity index (χ1) is 6.20. The van der Waals surface area contributed by atoms with Crippen LogP contribution in [0.1, 0.15) is 5.56 Å². The lowest BCUT2D eigenvalue weighted by molar-refractivity contribution is -0.384. The van der Waals surface area contributed by atoms with Crippen LogP contribution in [-0.2, 0) is 0 Å². The number of nitrogens with one attached hydrogen (secondary N) is 1. The van der Waals surface area contributed by atoms with Crippen LogP contribution in [0.4, 0.5) is 11.4 Å². The number of nitrogens with zero attached hydrogens (tertiary/aromatic N) is 2. The largest absolute Gasteiger partial charge is 0.318 e. The summed E-state index contributed by atoms with van der Waals surface area (Å²) < 4.78 is 0. The van der Waals surface area contributed by atoms with Crippen molar-refractivity contribution in [2.24, 2.45) is 5.84 Å². The fourth-order valence-electron chi connectivity index (χ4n) is 0.947. The summed E-state index contributed by atoms with van der Waals surface area (Å²) in [7, 11) is 0. The molecule has 1 aromatic carbocycles. The Bertz CT molecular complexity index is 383. The predicted molar refractivity (Wildman–Crippen MR) is 45.6 cm³/mol. The number of hydrogen-bond donors (Lipinski definition) is 2. The fraction of sp³-hybridized carbons (Fsp3) is 0. The summed E-state index contributed by atoms with van der Waals surface area (Å²) in [5.74, 6) is 5.05. The van der Waals surface area contributed by atoms with Crippen LogP contribution in [0.5, 0.6) is 0 Å². The fourth-order valence-corrected chi connectivity index (χ4v) is 0.947. The van der Waals surface area contributed by atoms with Gasteiger partial charge in [-0.15, -0.1) is 0 Å². The minimum Gasteiger partial charge on any atom is -0.318 e. The molecule has 0 fully saturated rings. The predicted octanol–water partition coefficient (Wildman–Crippen LogP) is 0.752. The molecule has 6 heteroatoms. The van der Waals surface area contributed by atoms with E-state index in [0.717, 1.165) is 0 Å². The Labute approximate surface area is 73.7 Å². The molecule has 3 N–H and O–H groups in total. The molecule has 66 valence electrons. The zero-order chi connectivity index (χ0) is 9.84. The number of hydrazine groups is 1. The van der Waals surface area contributed by atoms with Crippen LogP contribution in [-0.4, -0.2) is 4.92 Å². The van der Waals surface area contributed by atoms with Gasteiger partial charge in [-0.2, -0.15) is 5.26 Å². The van der Waals surface area contributed by atoms with Crippen molar-refractivity contribution in [1.82, 2.24) is 0 Å². The molecular formula is C7H6N4O2. The lowest BCUT2D eigenvalue weighted by Gasteiger charge is -2.01. The quantitative estimate of drug-likeness (QED) is 0.395. The SMILES string of the molecule is N#Cc1cccc(NN)c1[N+](=O)[O-].